The van der Waals surface area contributed by atoms with Crippen LogP contribution in [0.5, 0.6) is 0 Å². The largest absolute Gasteiger partial charge is 0.268 e. The molecule has 1 aromatic rings. The van der Waals surface area contributed by atoms with Crippen LogP contribution in [0.1, 0.15) is 0 Å². The fourth-order valence-corrected chi connectivity index (χ4v) is 3.07. The Morgan fingerprint density at radius 3 is 2.33 bits per heavy atom. The van der Waals surface area contributed by atoms with Gasteiger partial charge in [0.1, 0.15) is 0 Å². The topological polar surface area (TPSA) is 12.4 Å². The van der Waals surface area contributed by atoms with Crippen LogP contribution in [0.2, 0.25) is 13.1 Å². The average molecular weight is 193 g/mol. The van der Waals surface area contributed by atoms with E-state index in [0.29, 0.717) is 0 Å². The Morgan fingerprint density at radius 1 is 1.25 bits per heavy atom. The van der Waals surface area contributed by atoms with Gasteiger partial charge in [0, 0.05) is 5.16 Å². The van der Waals surface area contributed by atoms with Crippen molar-refractivity contribution >= 4 is 30.8 Å². The van der Waals surface area contributed by atoms with Crippen LogP contribution in [0.3, 0.4) is 0 Å². The second-order valence-electron chi connectivity index (χ2n) is 3.13. The molecule has 0 saturated heterocycles. The van der Waals surface area contributed by atoms with Gasteiger partial charge in [0.05, 0.1) is 0 Å². The lowest BCUT2D eigenvalue weighted by Crippen LogP contribution is -2.39. The lowest BCUT2D eigenvalue weighted by atomic mass is 10.4. The van der Waals surface area contributed by atoms with Crippen molar-refractivity contribution in [2.24, 2.45) is 4.66 Å². The third kappa shape index (κ3) is 2.11. The van der Waals surface area contributed by atoms with E-state index in [0.717, 1.165) is 0 Å². The smallest absolute Gasteiger partial charge is 0.219 e. The zero-order valence-corrected chi connectivity index (χ0v) is 9.06. The molecule has 0 radical (unpaired) electrons. The molecule has 1 rings (SSSR count). The van der Waals surface area contributed by atoms with Crippen LogP contribution in [0.25, 0.3) is 0 Å². The zero-order valence-electron chi connectivity index (χ0n) is 7.24. The fraction of sp³-hybridized carbons (Fsp3) is 0.222. The van der Waals surface area contributed by atoms with E-state index in [-0.39, 0.29) is 0 Å². The fourth-order valence-electron chi connectivity index (χ4n) is 1.02. The summed E-state index contributed by atoms with van der Waals surface area (Å²) in [5.41, 5.74) is 0. The molecule has 0 spiro atoms. The summed E-state index contributed by atoms with van der Waals surface area (Å²) in [6, 6.07) is 10.3. The Balaban J connectivity index is 3.05. The molecule has 0 saturated carbocycles. The van der Waals surface area contributed by atoms with E-state index in [1.807, 2.05) is 18.2 Å². The van der Waals surface area contributed by atoms with Gasteiger partial charge in [-0.05, 0) is 30.5 Å². The van der Waals surface area contributed by atoms with Crippen LogP contribution in [-0.2, 0) is 0 Å². The van der Waals surface area contributed by atoms with Crippen molar-refractivity contribution in [2.75, 3.05) is 0 Å². The molecule has 0 aromatic heterocycles. The highest BCUT2D eigenvalue weighted by molar-refractivity contribution is 7.78. The lowest BCUT2D eigenvalue weighted by Gasteiger charge is -2.14. The first-order valence-electron chi connectivity index (χ1n) is 3.81. The molecule has 0 N–H and O–H groups in total. The van der Waals surface area contributed by atoms with E-state index >= 15 is 0 Å². The molecular formula is C9H11NSSi. The summed E-state index contributed by atoms with van der Waals surface area (Å²) in [6.45, 7) is 4.31. The highest BCUT2D eigenvalue weighted by atomic mass is 32.1. The number of benzene rings is 1. The Morgan fingerprint density at radius 2 is 1.83 bits per heavy atom. The number of hydrogen-bond donors (Lipinski definition) is 0. The Kier molecular flexibility index (Phi) is 2.92. The summed E-state index contributed by atoms with van der Waals surface area (Å²) in [5, 5.41) is 3.77. The Bertz CT molecular complexity index is 302. The summed E-state index contributed by atoms with van der Waals surface area (Å²) in [4.78, 5) is 0. The maximum Gasteiger partial charge on any atom is 0.219 e. The van der Waals surface area contributed by atoms with Gasteiger partial charge in [-0.15, -0.1) is 0 Å². The average Bonchev–Trinajstić information content (AvgIpc) is 2.06. The first-order valence-corrected chi connectivity index (χ1v) is 7.17. The molecule has 0 fully saturated rings. The van der Waals surface area contributed by atoms with Gasteiger partial charge in [0.2, 0.25) is 8.24 Å². The van der Waals surface area contributed by atoms with E-state index in [2.05, 4.69) is 47.3 Å². The van der Waals surface area contributed by atoms with Crippen molar-refractivity contribution in [1.29, 1.82) is 0 Å². The molecule has 1 aromatic carbocycles. The van der Waals surface area contributed by atoms with Gasteiger partial charge in [0.25, 0.3) is 0 Å². The van der Waals surface area contributed by atoms with Crippen molar-refractivity contribution < 1.29 is 0 Å². The second-order valence-corrected chi connectivity index (χ2v) is 7.23. The number of hydrogen-bond acceptors (Lipinski definition) is 2. The normalized spacial score (nSPS) is 10.5. The lowest BCUT2D eigenvalue weighted by molar-refractivity contribution is 1.60. The van der Waals surface area contributed by atoms with Gasteiger partial charge in [-0.3, -0.25) is 4.66 Å². The van der Waals surface area contributed by atoms with Crippen LogP contribution in [0, 0.1) is 0 Å². The number of isothiocyanates is 1. The Hall–Kier alpha value is -0.763. The maximum atomic E-state index is 4.62. The molecular weight excluding hydrogens is 182 g/mol. The van der Waals surface area contributed by atoms with Gasteiger partial charge in [-0.1, -0.05) is 30.3 Å². The third-order valence-corrected chi connectivity index (χ3v) is 4.48. The van der Waals surface area contributed by atoms with Crippen molar-refractivity contribution in [3.05, 3.63) is 30.3 Å². The summed E-state index contributed by atoms with van der Waals surface area (Å²) < 4.78 is 4.23. The van der Waals surface area contributed by atoms with Crippen LogP contribution < -0.4 is 5.19 Å². The molecule has 1 nitrogen and oxygen atoms in total. The van der Waals surface area contributed by atoms with Crippen LogP contribution in [0.4, 0.5) is 0 Å². The van der Waals surface area contributed by atoms with E-state index in [1.165, 1.54) is 5.19 Å². The summed E-state index contributed by atoms with van der Waals surface area (Å²) >= 11 is 4.62. The summed E-state index contributed by atoms with van der Waals surface area (Å²) in [7, 11) is -1.67. The molecule has 0 unspecified atom stereocenters. The molecule has 0 amide bonds. The minimum absolute atomic E-state index is 1.29. The first-order chi connectivity index (χ1) is 5.67. The van der Waals surface area contributed by atoms with Gasteiger partial charge in [0.15, 0.2) is 0 Å². The third-order valence-electron chi connectivity index (χ3n) is 1.81. The number of thiocarbonyl (C=S) groups is 1. The minimum Gasteiger partial charge on any atom is -0.268 e. The SMILES string of the molecule is C[Si](C)(N=C=S)c1ccccc1. The molecule has 0 bridgehead atoms. The van der Waals surface area contributed by atoms with Crippen molar-refractivity contribution in [3.63, 3.8) is 0 Å². The minimum atomic E-state index is -1.67. The van der Waals surface area contributed by atoms with E-state index in [1.54, 1.807) is 0 Å². The van der Waals surface area contributed by atoms with Crippen LogP contribution >= 0.6 is 12.2 Å². The van der Waals surface area contributed by atoms with E-state index in [9.17, 15) is 0 Å². The summed E-state index contributed by atoms with van der Waals surface area (Å²) in [5.74, 6) is 0. The van der Waals surface area contributed by atoms with Crippen molar-refractivity contribution in [3.8, 4) is 0 Å². The molecule has 0 aliphatic heterocycles. The van der Waals surface area contributed by atoms with E-state index in [4.69, 9.17) is 0 Å². The standard InChI is InChI=1S/C9H11NSSi/c1-12(2,10-8-11)9-6-4-3-5-7-9/h3-7H,1-2H3. The van der Waals surface area contributed by atoms with Crippen molar-refractivity contribution in [2.45, 2.75) is 13.1 Å². The molecule has 0 aliphatic rings. The van der Waals surface area contributed by atoms with E-state index < -0.39 is 8.24 Å². The molecule has 3 heteroatoms. The number of nitrogens with zero attached hydrogens (tertiary/aromatic N) is 1. The predicted octanol–water partition coefficient (Wildman–Crippen LogP) is 2.20. The highest BCUT2D eigenvalue weighted by Crippen LogP contribution is 2.03. The molecule has 0 heterocycles. The molecule has 0 atom stereocenters. The molecule has 12 heavy (non-hydrogen) atoms. The summed E-state index contributed by atoms with van der Waals surface area (Å²) in [6.07, 6.45) is 0. The van der Waals surface area contributed by atoms with Crippen molar-refractivity contribution in [1.82, 2.24) is 0 Å². The van der Waals surface area contributed by atoms with Crippen LogP contribution in [-0.4, -0.2) is 13.4 Å². The second kappa shape index (κ2) is 3.76. The predicted molar refractivity (Wildman–Crippen MR) is 58.6 cm³/mol. The highest BCUT2D eigenvalue weighted by Gasteiger charge is 2.21. The maximum absolute atomic E-state index is 4.62. The van der Waals surface area contributed by atoms with Crippen LogP contribution in [0.15, 0.2) is 35.0 Å². The monoisotopic (exact) mass is 193 g/mol. The van der Waals surface area contributed by atoms with Gasteiger partial charge < -0.3 is 0 Å². The quantitative estimate of drug-likeness (QED) is 0.398. The molecule has 62 valence electrons. The Labute approximate surface area is 79.2 Å². The molecule has 0 aliphatic carbocycles. The van der Waals surface area contributed by atoms with Gasteiger partial charge >= 0.3 is 0 Å². The number of rotatable bonds is 2. The van der Waals surface area contributed by atoms with Gasteiger partial charge in [-0.2, -0.15) is 0 Å². The van der Waals surface area contributed by atoms with Gasteiger partial charge in [-0.25, -0.2) is 0 Å². The first kappa shape index (κ1) is 9.33. The zero-order chi connectivity index (χ0) is 9.03.